The Morgan fingerprint density at radius 1 is 0.952 bits per heavy atom. The monoisotopic (exact) mass is 473 g/mol. The number of benzene rings is 2. The van der Waals surface area contributed by atoms with Crippen molar-refractivity contribution in [3.63, 3.8) is 0 Å². The van der Waals surface area contributed by atoms with Gasteiger partial charge in [0.2, 0.25) is 0 Å². The van der Waals surface area contributed by atoms with E-state index in [1.165, 1.54) is 0 Å². The summed E-state index contributed by atoms with van der Waals surface area (Å²) in [5.41, 5.74) is 0. The van der Waals surface area contributed by atoms with Crippen LogP contribution in [0, 0.1) is 12.1 Å². The normalized spacial score (nSPS) is 9.62. The summed E-state index contributed by atoms with van der Waals surface area (Å²) in [7, 11) is 0. The molecule has 1 unspecified atom stereocenters. The van der Waals surface area contributed by atoms with Crippen LogP contribution in [0.1, 0.15) is 13.3 Å². The third-order valence-electron chi connectivity index (χ3n) is 1.89. The Hall–Kier alpha value is -1.09. The minimum atomic E-state index is -2.20. The summed E-state index contributed by atoms with van der Waals surface area (Å²) < 4.78 is 19.5. The van der Waals surface area contributed by atoms with Gasteiger partial charge in [0, 0.05) is 27.5 Å². The fourth-order valence-electron chi connectivity index (χ4n) is 0.917. The Morgan fingerprint density at radius 3 is 1.43 bits per heavy atom. The van der Waals surface area contributed by atoms with Gasteiger partial charge in [-0.2, -0.15) is 72.8 Å². The Bertz CT molecular complexity index is 379. The first-order valence-electron chi connectivity index (χ1n) is 6.06. The van der Waals surface area contributed by atoms with Crippen molar-refractivity contribution >= 4 is 16.9 Å². The molecule has 2 aromatic rings. The van der Waals surface area contributed by atoms with E-state index in [0.717, 1.165) is 0 Å². The van der Waals surface area contributed by atoms with Crippen LogP contribution < -0.4 is 0 Å². The molecular formula is C16H17O3SW-3. The van der Waals surface area contributed by atoms with Crippen LogP contribution in [0.2, 0.25) is 0 Å². The fraction of sp³-hybridized carbons (Fsp3) is 0.188. The molecule has 0 N–H and O–H groups in total. The number of ketones is 1. The van der Waals surface area contributed by atoms with E-state index in [9.17, 15) is 13.6 Å². The van der Waals surface area contributed by atoms with Gasteiger partial charge in [-0.25, -0.2) is 0 Å². The van der Waals surface area contributed by atoms with E-state index < -0.39 is 11.1 Å². The maximum Gasteiger partial charge on any atom is 0.143 e. The van der Waals surface area contributed by atoms with Gasteiger partial charge >= 0.3 is 0 Å². The molecule has 0 aromatic heterocycles. The Balaban J connectivity index is 0. The summed E-state index contributed by atoms with van der Waals surface area (Å²) in [6.45, 7) is 1.63. The van der Waals surface area contributed by atoms with E-state index >= 15 is 0 Å². The number of rotatable bonds is 3. The molecule has 21 heavy (non-hydrogen) atoms. The average Bonchev–Trinajstić information content (AvgIpc) is 2.51. The van der Waals surface area contributed by atoms with Crippen LogP contribution in [0.5, 0.6) is 0 Å². The van der Waals surface area contributed by atoms with Crippen molar-refractivity contribution in [3.8, 4) is 0 Å². The van der Waals surface area contributed by atoms with E-state index in [2.05, 4.69) is 12.1 Å². The second kappa shape index (κ2) is 17.0. The second-order valence-electron chi connectivity index (χ2n) is 3.50. The quantitative estimate of drug-likeness (QED) is 0.509. The van der Waals surface area contributed by atoms with Crippen LogP contribution in [0.25, 0.3) is 0 Å². The van der Waals surface area contributed by atoms with Crippen molar-refractivity contribution in [2.75, 3.05) is 5.75 Å². The van der Waals surface area contributed by atoms with Crippen LogP contribution in [0.15, 0.2) is 60.7 Å². The van der Waals surface area contributed by atoms with E-state index in [4.69, 9.17) is 0 Å². The van der Waals surface area contributed by atoms with Gasteiger partial charge in [0.25, 0.3) is 0 Å². The molecule has 0 saturated heterocycles. The first-order valence-corrected chi connectivity index (χ1v) is 7.31. The average molecular weight is 473 g/mol. The van der Waals surface area contributed by atoms with Gasteiger partial charge in [0.05, 0.1) is 5.75 Å². The number of carbonyl (C=O) groups is 1. The van der Waals surface area contributed by atoms with Gasteiger partial charge < -0.3 is 4.55 Å². The number of hydrogen-bond acceptors (Lipinski definition) is 3. The first-order chi connectivity index (χ1) is 9.66. The zero-order chi connectivity index (χ0) is 15.1. The summed E-state index contributed by atoms with van der Waals surface area (Å²) in [5, 5.41) is 0. The SMILES string of the molecule is CCC(=O)CS(=O)[O-].[W].[c-]1ccccc1.[c-]1ccccc1. The van der Waals surface area contributed by atoms with Crippen molar-refractivity contribution in [1.82, 2.24) is 0 Å². The molecule has 0 aliphatic carbocycles. The summed E-state index contributed by atoms with van der Waals surface area (Å²) in [5.74, 6) is -0.574. The third-order valence-corrected chi connectivity index (χ3v) is 2.45. The van der Waals surface area contributed by atoms with Crippen LogP contribution >= 0.6 is 0 Å². The van der Waals surface area contributed by atoms with Crippen molar-refractivity contribution < 1.29 is 34.6 Å². The van der Waals surface area contributed by atoms with Gasteiger partial charge in [0.15, 0.2) is 0 Å². The smallest absolute Gasteiger partial charge is 0.143 e. The Morgan fingerprint density at radius 2 is 1.33 bits per heavy atom. The second-order valence-corrected chi connectivity index (χ2v) is 4.39. The molecule has 1 atom stereocenters. The molecule has 0 bridgehead atoms. The largest absolute Gasteiger partial charge is 0.772 e. The summed E-state index contributed by atoms with van der Waals surface area (Å²) >= 11 is -2.20. The Labute approximate surface area is 143 Å². The number of Topliss-reactive ketones (excluding diaryl/α,β-unsaturated/α-hetero) is 1. The molecule has 0 aliphatic rings. The van der Waals surface area contributed by atoms with Gasteiger partial charge in [-0.05, 0) is 11.1 Å². The van der Waals surface area contributed by atoms with Gasteiger partial charge in [-0.1, -0.05) is 6.92 Å². The molecular weight excluding hydrogens is 456 g/mol. The third kappa shape index (κ3) is 18.9. The summed E-state index contributed by atoms with van der Waals surface area (Å²) in [6.07, 6.45) is 0.300. The summed E-state index contributed by atoms with van der Waals surface area (Å²) in [4.78, 5) is 10.2. The van der Waals surface area contributed by atoms with Crippen molar-refractivity contribution in [2.45, 2.75) is 13.3 Å². The molecule has 2 aromatic carbocycles. The fourth-order valence-corrected chi connectivity index (χ4v) is 1.38. The van der Waals surface area contributed by atoms with Gasteiger partial charge in [-0.3, -0.25) is 9.00 Å². The number of hydrogen-bond donors (Lipinski definition) is 0. The zero-order valence-corrected chi connectivity index (χ0v) is 15.5. The molecule has 0 amide bonds. The molecule has 5 heteroatoms. The minimum absolute atomic E-state index is 0. The molecule has 0 spiro atoms. The van der Waals surface area contributed by atoms with Crippen LogP contribution in [0.3, 0.4) is 0 Å². The van der Waals surface area contributed by atoms with E-state index in [0.29, 0.717) is 6.42 Å². The van der Waals surface area contributed by atoms with Gasteiger partial charge in [0.1, 0.15) is 5.78 Å². The maximum absolute atomic E-state index is 10.2. The molecule has 0 radical (unpaired) electrons. The van der Waals surface area contributed by atoms with E-state index in [-0.39, 0.29) is 32.6 Å². The molecule has 3 nitrogen and oxygen atoms in total. The van der Waals surface area contributed by atoms with E-state index in [1.54, 1.807) is 6.92 Å². The molecule has 0 fully saturated rings. The Kier molecular flexibility index (Phi) is 17.9. The van der Waals surface area contributed by atoms with Crippen molar-refractivity contribution in [3.05, 3.63) is 72.8 Å². The minimum Gasteiger partial charge on any atom is -0.772 e. The van der Waals surface area contributed by atoms with Crippen LogP contribution in [0.4, 0.5) is 0 Å². The van der Waals surface area contributed by atoms with Crippen molar-refractivity contribution in [1.29, 1.82) is 0 Å². The molecule has 114 valence electrons. The number of carbonyl (C=O) groups excluding carboxylic acids is 1. The van der Waals surface area contributed by atoms with Crippen molar-refractivity contribution in [2.24, 2.45) is 0 Å². The van der Waals surface area contributed by atoms with E-state index in [1.807, 2.05) is 60.7 Å². The van der Waals surface area contributed by atoms with Crippen LogP contribution in [-0.4, -0.2) is 20.3 Å². The molecule has 0 heterocycles. The van der Waals surface area contributed by atoms with Crippen LogP contribution in [-0.2, 0) is 36.9 Å². The predicted octanol–water partition coefficient (Wildman–Crippen LogP) is 2.82. The molecule has 0 aliphatic heterocycles. The standard InChI is InChI=1S/2C6H5.C4H8O3S.W/c2*1-2-4-6-5-3-1;1-2-4(5)3-8(6)7;/h2*1-5H;2-3H2,1H3,(H,6,7);/q2*-1;;/p-1. The van der Waals surface area contributed by atoms with Gasteiger partial charge in [-0.15, -0.1) is 0 Å². The first kappa shape index (κ1) is 22.2. The molecule has 0 saturated carbocycles. The maximum atomic E-state index is 10.2. The molecule has 2 rings (SSSR count). The zero-order valence-electron chi connectivity index (χ0n) is 11.7. The predicted molar refractivity (Wildman–Crippen MR) is 79.6 cm³/mol. The topological polar surface area (TPSA) is 57.2 Å². The summed E-state index contributed by atoms with van der Waals surface area (Å²) in [6, 6.07) is 25.0.